The lowest BCUT2D eigenvalue weighted by Crippen LogP contribution is -2.23. The molecule has 4 nitrogen and oxygen atoms in total. The summed E-state index contributed by atoms with van der Waals surface area (Å²) in [5, 5.41) is 3.27. The molecule has 108 valence electrons. The molecule has 1 aromatic heterocycles. The van der Waals surface area contributed by atoms with Gasteiger partial charge in [-0.25, -0.2) is 9.97 Å². The first kappa shape index (κ1) is 15.9. The zero-order chi connectivity index (χ0) is 14.6. The quantitative estimate of drug-likeness (QED) is 0.880. The molecule has 1 N–H and O–H groups in total. The first-order chi connectivity index (χ1) is 8.79. The predicted octanol–water partition coefficient (Wildman–Crippen LogP) is 3.77. The topological polar surface area (TPSA) is 47.0 Å². The van der Waals surface area contributed by atoms with E-state index in [1.165, 1.54) is 0 Å². The van der Waals surface area contributed by atoms with Crippen LogP contribution in [0.5, 0.6) is 0 Å². The van der Waals surface area contributed by atoms with Gasteiger partial charge in [-0.3, -0.25) is 0 Å². The van der Waals surface area contributed by atoms with Crippen molar-refractivity contribution >= 4 is 5.82 Å². The molecule has 1 heterocycles. The Morgan fingerprint density at radius 2 is 1.89 bits per heavy atom. The third kappa shape index (κ3) is 4.16. The summed E-state index contributed by atoms with van der Waals surface area (Å²) in [6, 6.07) is 2.02. The van der Waals surface area contributed by atoms with Crippen LogP contribution in [-0.2, 0) is 4.74 Å². The van der Waals surface area contributed by atoms with Crippen LogP contribution < -0.4 is 5.32 Å². The second kappa shape index (κ2) is 6.33. The second-order valence-electron chi connectivity index (χ2n) is 6.20. The monoisotopic (exact) mass is 265 g/mol. The third-order valence-electron chi connectivity index (χ3n) is 2.97. The van der Waals surface area contributed by atoms with E-state index < -0.39 is 0 Å². The molecule has 0 aromatic carbocycles. The van der Waals surface area contributed by atoms with E-state index in [0.29, 0.717) is 5.92 Å². The number of rotatable bonds is 5. The van der Waals surface area contributed by atoms with Crippen molar-refractivity contribution in [1.82, 2.24) is 9.97 Å². The average molecular weight is 265 g/mol. The van der Waals surface area contributed by atoms with Crippen LogP contribution in [0.4, 0.5) is 5.82 Å². The summed E-state index contributed by atoms with van der Waals surface area (Å²) in [5.74, 6) is 2.01. The number of aromatic nitrogens is 2. The van der Waals surface area contributed by atoms with E-state index in [2.05, 4.69) is 56.8 Å². The Morgan fingerprint density at radius 3 is 2.32 bits per heavy atom. The van der Waals surface area contributed by atoms with Gasteiger partial charge in [-0.15, -0.1) is 0 Å². The normalized spacial score (nSPS) is 13.7. The third-order valence-corrected chi connectivity index (χ3v) is 2.97. The molecule has 0 bridgehead atoms. The molecule has 0 aliphatic rings. The smallest absolute Gasteiger partial charge is 0.160 e. The highest BCUT2D eigenvalue weighted by Gasteiger charge is 2.29. The first-order valence-electron chi connectivity index (χ1n) is 6.95. The van der Waals surface area contributed by atoms with E-state index in [-0.39, 0.29) is 11.5 Å². The minimum absolute atomic E-state index is 0.0339. The van der Waals surface area contributed by atoms with Crippen molar-refractivity contribution in [3.05, 3.63) is 17.6 Å². The summed E-state index contributed by atoms with van der Waals surface area (Å²) >= 11 is 0. The Labute approximate surface area is 117 Å². The number of methoxy groups -OCH3 is 1. The SMILES string of the molecule is CCNc1cc(C(C)C)nc(C(OC)C(C)(C)C)n1. The van der Waals surface area contributed by atoms with Crippen LogP contribution in [0.2, 0.25) is 0 Å². The number of ether oxygens (including phenoxy) is 1. The molecule has 0 fully saturated rings. The van der Waals surface area contributed by atoms with Crippen LogP contribution in [0.1, 0.15) is 65.1 Å². The van der Waals surface area contributed by atoms with E-state index >= 15 is 0 Å². The number of anilines is 1. The van der Waals surface area contributed by atoms with Crippen LogP contribution in [0.3, 0.4) is 0 Å². The molecule has 1 aromatic rings. The summed E-state index contributed by atoms with van der Waals surface area (Å²) in [6.07, 6.45) is -0.108. The number of hydrogen-bond acceptors (Lipinski definition) is 4. The highest BCUT2D eigenvalue weighted by atomic mass is 16.5. The van der Waals surface area contributed by atoms with Crippen LogP contribution in [0.25, 0.3) is 0 Å². The van der Waals surface area contributed by atoms with Gasteiger partial charge in [0, 0.05) is 25.4 Å². The van der Waals surface area contributed by atoms with Crippen LogP contribution in [0.15, 0.2) is 6.07 Å². The molecular weight excluding hydrogens is 238 g/mol. The molecule has 1 unspecified atom stereocenters. The molecule has 0 spiro atoms. The fourth-order valence-corrected chi connectivity index (χ4v) is 2.02. The van der Waals surface area contributed by atoms with Gasteiger partial charge in [0.1, 0.15) is 11.9 Å². The van der Waals surface area contributed by atoms with E-state index in [1.54, 1.807) is 7.11 Å². The molecule has 0 radical (unpaired) electrons. The molecule has 0 aliphatic carbocycles. The van der Waals surface area contributed by atoms with Gasteiger partial charge in [0.25, 0.3) is 0 Å². The van der Waals surface area contributed by atoms with Gasteiger partial charge in [-0.1, -0.05) is 34.6 Å². The maximum absolute atomic E-state index is 5.62. The summed E-state index contributed by atoms with van der Waals surface area (Å²) in [7, 11) is 1.72. The van der Waals surface area contributed by atoms with Gasteiger partial charge < -0.3 is 10.1 Å². The van der Waals surface area contributed by atoms with Crippen molar-refractivity contribution in [1.29, 1.82) is 0 Å². The molecular formula is C15H27N3O. The minimum Gasteiger partial charge on any atom is -0.373 e. The molecule has 1 atom stereocenters. The number of nitrogens with one attached hydrogen (secondary N) is 1. The lowest BCUT2D eigenvalue weighted by molar-refractivity contribution is 0.00858. The lowest BCUT2D eigenvalue weighted by Gasteiger charge is -2.28. The van der Waals surface area contributed by atoms with Gasteiger partial charge in [-0.05, 0) is 18.3 Å². The summed E-state index contributed by atoms with van der Waals surface area (Å²) in [6.45, 7) is 13.6. The first-order valence-corrected chi connectivity index (χ1v) is 6.95. The predicted molar refractivity (Wildman–Crippen MR) is 79.5 cm³/mol. The molecule has 0 amide bonds. The second-order valence-corrected chi connectivity index (χ2v) is 6.20. The summed E-state index contributed by atoms with van der Waals surface area (Å²) in [5.41, 5.74) is 1.01. The van der Waals surface area contributed by atoms with Gasteiger partial charge in [0.2, 0.25) is 0 Å². The lowest BCUT2D eigenvalue weighted by atomic mass is 9.88. The van der Waals surface area contributed by atoms with Crippen LogP contribution in [-0.4, -0.2) is 23.6 Å². The zero-order valence-electron chi connectivity index (χ0n) is 13.2. The molecule has 0 saturated carbocycles. The summed E-state index contributed by atoms with van der Waals surface area (Å²) < 4.78 is 5.62. The molecule has 19 heavy (non-hydrogen) atoms. The van der Waals surface area contributed by atoms with Crippen molar-refractivity contribution in [2.45, 2.75) is 53.6 Å². The Kier molecular flexibility index (Phi) is 5.29. The van der Waals surface area contributed by atoms with E-state index in [0.717, 1.165) is 23.9 Å². The molecule has 4 heteroatoms. The minimum atomic E-state index is -0.108. The van der Waals surface area contributed by atoms with E-state index in [1.807, 2.05) is 6.07 Å². The Bertz CT molecular complexity index is 410. The molecule has 1 rings (SSSR count). The van der Waals surface area contributed by atoms with Crippen molar-refractivity contribution < 1.29 is 4.74 Å². The van der Waals surface area contributed by atoms with Crippen molar-refractivity contribution in [3.8, 4) is 0 Å². The molecule has 0 saturated heterocycles. The maximum Gasteiger partial charge on any atom is 0.160 e. The van der Waals surface area contributed by atoms with Crippen LogP contribution >= 0.6 is 0 Å². The van der Waals surface area contributed by atoms with Crippen LogP contribution in [0, 0.1) is 5.41 Å². The van der Waals surface area contributed by atoms with Gasteiger partial charge in [0.15, 0.2) is 5.82 Å². The van der Waals surface area contributed by atoms with Gasteiger partial charge in [0.05, 0.1) is 0 Å². The van der Waals surface area contributed by atoms with E-state index in [9.17, 15) is 0 Å². The Morgan fingerprint density at radius 1 is 1.26 bits per heavy atom. The highest BCUT2D eigenvalue weighted by Crippen LogP contribution is 2.34. The molecule has 0 aliphatic heterocycles. The highest BCUT2D eigenvalue weighted by molar-refractivity contribution is 5.37. The number of nitrogens with zero attached hydrogens (tertiary/aromatic N) is 2. The average Bonchev–Trinajstić information content (AvgIpc) is 2.28. The van der Waals surface area contributed by atoms with E-state index in [4.69, 9.17) is 4.74 Å². The maximum atomic E-state index is 5.62. The fourth-order valence-electron chi connectivity index (χ4n) is 2.02. The number of hydrogen-bond donors (Lipinski definition) is 1. The summed E-state index contributed by atoms with van der Waals surface area (Å²) in [4.78, 5) is 9.27. The standard InChI is InChI=1S/C15H27N3O/c1-8-16-12-9-11(10(2)3)17-14(18-12)13(19-7)15(4,5)6/h9-10,13H,8H2,1-7H3,(H,16,17,18). The largest absolute Gasteiger partial charge is 0.373 e. The zero-order valence-corrected chi connectivity index (χ0v) is 13.2. The van der Waals surface area contributed by atoms with Gasteiger partial charge >= 0.3 is 0 Å². The Balaban J connectivity index is 3.24. The van der Waals surface area contributed by atoms with Crippen molar-refractivity contribution in [3.63, 3.8) is 0 Å². The van der Waals surface area contributed by atoms with Gasteiger partial charge in [-0.2, -0.15) is 0 Å². The fraction of sp³-hybridized carbons (Fsp3) is 0.733. The van der Waals surface area contributed by atoms with Crippen molar-refractivity contribution in [2.24, 2.45) is 5.41 Å². The Hall–Kier alpha value is -1.16. The van der Waals surface area contributed by atoms with Crippen molar-refractivity contribution in [2.75, 3.05) is 19.0 Å².